The Hall–Kier alpha value is -1.22. The maximum absolute atomic E-state index is 5.74. The minimum Gasteiger partial charge on any atom is -0.497 e. The third-order valence-corrected chi connectivity index (χ3v) is 3.23. The Kier molecular flexibility index (Phi) is 2.82. The van der Waals surface area contributed by atoms with Crippen molar-refractivity contribution in [3.05, 3.63) is 23.8 Å². The lowest BCUT2D eigenvalue weighted by Crippen LogP contribution is -2.41. The SMILES string of the molecule is COc1ccc2c(c1)CCC(CN)N2C. The van der Waals surface area contributed by atoms with Gasteiger partial charge in [0, 0.05) is 25.3 Å². The van der Waals surface area contributed by atoms with Crippen LogP contribution in [0.1, 0.15) is 12.0 Å². The summed E-state index contributed by atoms with van der Waals surface area (Å²) in [6, 6.07) is 6.73. The molecule has 1 aliphatic rings. The van der Waals surface area contributed by atoms with Gasteiger partial charge in [0.1, 0.15) is 5.75 Å². The fraction of sp³-hybridized carbons (Fsp3) is 0.500. The lowest BCUT2D eigenvalue weighted by atomic mass is 9.96. The number of nitrogens with two attached hydrogens (primary N) is 1. The quantitative estimate of drug-likeness (QED) is 0.795. The van der Waals surface area contributed by atoms with Gasteiger partial charge >= 0.3 is 0 Å². The normalized spacial score (nSPS) is 19.9. The van der Waals surface area contributed by atoms with Crippen LogP contribution >= 0.6 is 0 Å². The van der Waals surface area contributed by atoms with Gasteiger partial charge in [-0.2, -0.15) is 0 Å². The molecule has 1 atom stereocenters. The molecule has 15 heavy (non-hydrogen) atoms. The number of aryl methyl sites for hydroxylation is 1. The third kappa shape index (κ3) is 1.79. The number of methoxy groups -OCH3 is 1. The summed E-state index contributed by atoms with van der Waals surface area (Å²) in [5, 5.41) is 0. The molecule has 1 aliphatic heterocycles. The summed E-state index contributed by atoms with van der Waals surface area (Å²) in [6.07, 6.45) is 2.23. The molecular weight excluding hydrogens is 188 g/mol. The van der Waals surface area contributed by atoms with Crippen LogP contribution in [0.5, 0.6) is 5.75 Å². The Morgan fingerprint density at radius 2 is 2.33 bits per heavy atom. The van der Waals surface area contributed by atoms with Crippen LogP contribution in [0, 0.1) is 0 Å². The van der Waals surface area contributed by atoms with Crippen LogP contribution in [0.2, 0.25) is 0 Å². The number of rotatable bonds is 2. The van der Waals surface area contributed by atoms with E-state index in [-0.39, 0.29) is 0 Å². The van der Waals surface area contributed by atoms with E-state index in [0.717, 1.165) is 25.1 Å². The lowest BCUT2D eigenvalue weighted by Gasteiger charge is -2.35. The Bertz CT molecular complexity index is 351. The Labute approximate surface area is 90.8 Å². The van der Waals surface area contributed by atoms with Crippen molar-refractivity contribution in [1.29, 1.82) is 0 Å². The summed E-state index contributed by atoms with van der Waals surface area (Å²) in [7, 11) is 3.82. The molecule has 0 amide bonds. The zero-order valence-electron chi connectivity index (χ0n) is 9.36. The predicted octanol–water partition coefficient (Wildman–Crippen LogP) is 1.40. The van der Waals surface area contributed by atoms with Gasteiger partial charge in [-0.05, 0) is 36.6 Å². The molecule has 3 heteroatoms. The van der Waals surface area contributed by atoms with Crippen molar-refractivity contribution in [1.82, 2.24) is 0 Å². The molecule has 1 aromatic rings. The molecule has 1 unspecified atom stereocenters. The first-order valence-corrected chi connectivity index (χ1v) is 5.36. The highest BCUT2D eigenvalue weighted by molar-refractivity contribution is 5.58. The monoisotopic (exact) mass is 206 g/mol. The van der Waals surface area contributed by atoms with E-state index >= 15 is 0 Å². The van der Waals surface area contributed by atoms with Crippen molar-refractivity contribution in [2.24, 2.45) is 5.73 Å². The first-order valence-electron chi connectivity index (χ1n) is 5.36. The first-order chi connectivity index (χ1) is 7.26. The van der Waals surface area contributed by atoms with Gasteiger partial charge in [-0.25, -0.2) is 0 Å². The number of likely N-dealkylation sites (N-methyl/N-ethyl adjacent to an activating group) is 1. The van der Waals surface area contributed by atoms with E-state index in [2.05, 4.69) is 24.1 Å². The van der Waals surface area contributed by atoms with Crippen molar-refractivity contribution >= 4 is 5.69 Å². The smallest absolute Gasteiger partial charge is 0.119 e. The molecule has 1 heterocycles. The standard InChI is InChI=1S/C12H18N2O/c1-14-10(8-13)4-3-9-7-11(15-2)5-6-12(9)14/h5-7,10H,3-4,8,13H2,1-2H3. The first kappa shape index (κ1) is 10.3. The van der Waals surface area contributed by atoms with Crippen LogP contribution in [0.25, 0.3) is 0 Å². The second kappa shape index (κ2) is 4.11. The molecular formula is C12H18N2O. The summed E-state index contributed by atoms with van der Waals surface area (Å²) in [5.41, 5.74) is 8.39. The molecule has 0 fully saturated rings. The van der Waals surface area contributed by atoms with Crippen LogP contribution in [0.15, 0.2) is 18.2 Å². The highest BCUT2D eigenvalue weighted by Crippen LogP contribution is 2.31. The fourth-order valence-corrected chi connectivity index (χ4v) is 2.22. The molecule has 0 saturated heterocycles. The molecule has 82 valence electrons. The minimum atomic E-state index is 0.478. The maximum Gasteiger partial charge on any atom is 0.119 e. The second-order valence-corrected chi connectivity index (χ2v) is 4.03. The number of ether oxygens (including phenoxy) is 1. The molecule has 0 spiro atoms. The average Bonchev–Trinajstić information content (AvgIpc) is 2.29. The summed E-state index contributed by atoms with van der Waals surface area (Å²) in [6.45, 7) is 0.724. The van der Waals surface area contributed by atoms with E-state index < -0.39 is 0 Å². The maximum atomic E-state index is 5.74. The largest absolute Gasteiger partial charge is 0.497 e. The molecule has 1 aromatic carbocycles. The molecule has 0 saturated carbocycles. The van der Waals surface area contributed by atoms with Crippen LogP contribution in [-0.2, 0) is 6.42 Å². The van der Waals surface area contributed by atoms with Crippen molar-refractivity contribution in [3.8, 4) is 5.75 Å². The summed E-state index contributed by atoms with van der Waals surface area (Å²) in [5.74, 6) is 0.938. The van der Waals surface area contributed by atoms with Crippen molar-refractivity contribution in [2.75, 3.05) is 25.6 Å². The minimum absolute atomic E-state index is 0.478. The van der Waals surface area contributed by atoms with Crippen LogP contribution < -0.4 is 15.4 Å². The summed E-state index contributed by atoms with van der Waals surface area (Å²) < 4.78 is 5.23. The highest BCUT2D eigenvalue weighted by Gasteiger charge is 2.22. The number of benzene rings is 1. The van der Waals surface area contributed by atoms with Gasteiger partial charge < -0.3 is 15.4 Å². The van der Waals surface area contributed by atoms with E-state index in [1.807, 2.05) is 6.07 Å². The highest BCUT2D eigenvalue weighted by atomic mass is 16.5. The second-order valence-electron chi connectivity index (χ2n) is 4.03. The van der Waals surface area contributed by atoms with E-state index in [0.29, 0.717) is 6.04 Å². The Balaban J connectivity index is 2.33. The number of nitrogens with zero attached hydrogens (tertiary/aromatic N) is 1. The summed E-state index contributed by atoms with van der Waals surface area (Å²) in [4.78, 5) is 2.28. The molecule has 0 aliphatic carbocycles. The van der Waals surface area contributed by atoms with Gasteiger partial charge in [0.15, 0.2) is 0 Å². The fourth-order valence-electron chi connectivity index (χ4n) is 2.22. The molecule has 0 bridgehead atoms. The van der Waals surface area contributed by atoms with E-state index in [1.54, 1.807) is 7.11 Å². The van der Waals surface area contributed by atoms with Gasteiger partial charge in [0.25, 0.3) is 0 Å². The van der Waals surface area contributed by atoms with E-state index in [9.17, 15) is 0 Å². The number of fused-ring (bicyclic) bond motifs is 1. The summed E-state index contributed by atoms with van der Waals surface area (Å²) >= 11 is 0. The molecule has 3 nitrogen and oxygen atoms in total. The Morgan fingerprint density at radius 1 is 1.53 bits per heavy atom. The number of hydrogen-bond donors (Lipinski definition) is 1. The molecule has 0 aromatic heterocycles. The van der Waals surface area contributed by atoms with Gasteiger partial charge in [0.05, 0.1) is 7.11 Å². The van der Waals surface area contributed by atoms with Gasteiger partial charge in [0.2, 0.25) is 0 Å². The molecule has 2 rings (SSSR count). The zero-order chi connectivity index (χ0) is 10.8. The van der Waals surface area contributed by atoms with E-state index in [4.69, 9.17) is 10.5 Å². The number of hydrogen-bond acceptors (Lipinski definition) is 3. The Morgan fingerprint density at radius 3 is 3.00 bits per heavy atom. The average molecular weight is 206 g/mol. The van der Waals surface area contributed by atoms with Crippen molar-refractivity contribution in [3.63, 3.8) is 0 Å². The van der Waals surface area contributed by atoms with Crippen LogP contribution in [0.3, 0.4) is 0 Å². The van der Waals surface area contributed by atoms with Gasteiger partial charge in [-0.1, -0.05) is 0 Å². The van der Waals surface area contributed by atoms with Crippen LogP contribution in [0.4, 0.5) is 5.69 Å². The third-order valence-electron chi connectivity index (χ3n) is 3.23. The number of anilines is 1. The zero-order valence-corrected chi connectivity index (χ0v) is 9.36. The van der Waals surface area contributed by atoms with E-state index in [1.165, 1.54) is 11.3 Å². The molecule has 0 radical (unpaired) electrons. The van der Waals surface area contributed by atoms with Crippen molar-refractivity contribution in [2.45, 2.75) is 18.9 Å². The predicted molar refractivity (Wildman–Crippen MR) is 62.6 cm³/mol. The van der Waals surface area contributed by atoms with Crippen LogP contribution in [-0.4, -0.2) is 26.7 Å². The lowest BCUT2D eigenvalue weighted by molar-refractivity contribution is 0.413. The topological polar surface area (TPSA) is 38.5 Å². The van der Waals surface area contributed by atoms with Gasteiger partial charge in [-0.3, -0.25) is 0 Å². The van der Waals surface area contributed by atoms with Crippen molar-refractivity contribution < 1.29 is 4.74 Å². The molecule has 2 N–H and O–H groups in total. The van der Waals surface area contributed by atoms with Gasteiger partial charge in [-0.15, -0.1) is 0 Å².